The zero-order valence-electron chi connectivity index (χ0n) is 18.5. The van der Waals surface area contributed by atoms with Crippen molar-refractivity contribution < 1.29 is 18.7 Å². The van der Waals surface area contributed by atoms with Gasteiger partial charge in [0, 0.05) is 43.0 Å². The summed E-state index contributed by atoms with van der Waals surface area (Å²) in [5, 5.41) is 6.21. The van der Waals surface area contributed by atoms with Gasteiger partial charge in [0.2, 0.25) is 11.8 Å². The van der Waals surface area contributed by atoms with Gasteiger partial charge >= 0.3 is 0 Å². The van der Waals surface area contributed by atoms with Crippen LogP contribution >= 0.6 is 11.6 Å². The molecule has 172 valence electrons. The molecule has 7 nitrogen and oxygen atoms in total. The number of rotatable bonds is 7. The van der Waals surface area contributed by atoms with E-state index in [0.29, 0.717) is 48.3 Å². The Morgan fingerprint density at radius 1 is 1.16 bits per heavy atom. The van der Waals surface area contributed by atoms with Crippen LogP contribution in [0.1, 0.15) is 12.5 Å². The minimum Gasteiger partial charge on any atom is -0.495 e. The average Bonchev–Trinajstić information content (AvgIpc) is 2.76. The molecule has 1 saturated heterocycles. The second kappa shape index (κ2) is 10.8. The van der Waals surface area contributed by atoms with Crippen LogP contribution in [0.25, 0.3) is 0 Å². The molecule has 1 atom stereocenters. The van der Waals surface area contributed by atoms with E-state index >= 15 is 0 Å². The summed E-state index contributed by atoms with van der Waals surface area (Å²) in [5.41, 5.74) is 1.87. The Morgan fingerprint density at radius 3 is 2.53 bits per heavy atom. The van der Waals surface area contributed by atoms with Crippen molar-refractivity contribution >= 4 is 34.8 Å². The molecule has 2 amide bonds. The molecule has 0 aliphatic carbocycles. The number of carbonyl (C=O) groups excluding carboxylic acids is 2. The van der Waals surface area contributed by atoms with Crippen molar-refractivity contribution in [2.75, 3.05) is 50.5 Å². The number of nitrogens with one attached hydrogen (secondary N) is 2. The van der Waals surface area contributed by atoms with Gasteiger partial charge in [-0.2, -0.15) is 0 Å². The van der Waals surface area contributed by atoms with E-state index in [0.717, 1.165) is 5.56 Å². The molecule has 1 aliphatic rings. The molecule has 2 aromatic rings. The Balaban J connectivity index is 1.48. The maximum Gasteiger partial charge on any atom is 0.241 e. The van der Waals surface area contributed by atoms with Crippen LogP contribution in [0.5, 0.6) is 5.75 Å². The Bertz CT molecular complexity index is 980. The molecular weight excluding hydrogens is 435 g/mol. The zero-order chi connectivity index (χ0) is 23.3. The van der Waals surface area contributed by atoms with Crippen LogP contribution in [0.4, 0.5) is 15.8 Å². The molecule has 3 rings (SSSR count). The van der Waals surface area contributed by atoms with Crippen LogP contribution in [0.15, 0.2) is 36.4 Å². The maximum absolute atomic E-state index is 13.3. The van der Waals surface area contributed by atoms with E-state index in [1.54, 1.807) is 24.3 Å². The number of amides is 2. The maximum atomic E-state index is 13.3. The molecular formula is C23H28ClFN4O3. The van der Waals surface area contributed by atoms with Crippen LogP contribution in [-0.4, -0.2) is 67.5 Å². The average molecular weight is 463 g/mol. The highest BCUT2D eigenvalue weighted by Gasteiger charge is 2.26. The quantitative estimate of drug-likeness (QED) is 0.660. The van der Waals surface area contributed by atoms with Gasteiger partial charge in [-0.3, -0.25) is 19.4 Å². The molecule has 2 aromatic carbocycles. The van der Waals surface area contributed by atoms with Gasteiger partial charge in [0.15, 0.2) is 0 Å². The Hall–Kier alpha value is -2.68. The first-order chi connectivity index (χ1) is 15.3. The van der Waals surface area contributed by atoms with Gasteiger partial charge in [0.1, 0.15) is 11.6 Å². The zero-order valence-corrected chi connectivity index (χ0v) is 19.2. The van der Waals surface area contributed by atoms with Gasteiger partial charge in [0.25, 0.3) is 0 Å². The monoisotopic (exact) mass is 462 g/mol. The lowest BCUT2D eigenvalue weighted by molar-refractivity contribution is -0.122. The SMILES string of the molecule is COc1cc(Cl)c(C)cc1NC(=O)CN1CCN(C(C)C(=O)Nc2cccc(F)c2)CC1. The summed E-state index contributed by atoms with van der Waals surface area (Å²) in [6.45, 7) is 6.53. The molecule has 0 saturated carbocycles. The summed E-state index contributed by atoms with van der Waals surface area (Å²) in [6, 6.07) is 8.94. The number of piperazine rings is 1. The first kappa shape index (κ1) is 24.0. The van der Waals surface area contributed by atoms with E-state index in [-0.39, 0.29) is 24.4 Å². The third-order valence-electron chi connectivity index (χ3n) is 5.55. The van der Waals surface area contributed by atoms with Gasteiger partial charge in [-0.1, -0.05) is 17.7 Å². The second-order valence-electron chi connectivity index (χ2n) is 7.84. The largest absolute Gasteiger partial charge is 0.495 e. The number of aryl methyl sites for hydroxylation is 1. The van der Waals surface area contributed by atoms with Crippen LogP contribution in [0.2, 0.25) is 5.02 Å². The Labute approximate surface area is 192 Å². The van der Waals surface area contributed by atoms with E-state index in [1.165, 1.54) is 19.2 Å². The van der Waals surface area contributed by atoms with Crippen molar-refractivity contribution in [3.05, 3.63) is 52.8 Å². The predicted octanol–water partition coefficient (Wildman–Crippen LogP) is 3.38. The third kappa shape index (κ3) is 6.18. The minimum atomic E-state index is -0.395. The van der Waals surface area contributed by atoms with Crippen molar-refractivity contribution in [2.24, 2.45) is 0 Å². The molecule has 1 fully saturated rings. The van der Waals surface area contributed by atoms with Crippen molar-refractivity contribution in [1.82, 2.24) is 9.80 Å². The van der Waals surface area contributed by atoms with E-state index in [2.05, 4.69) is 15.5 Å². The topological polar surface area (TPSA) is 73.9 Å². The number of ether oxygens (including phenoxy) is 1. The highest BCUT2D eigenvalue weighted by molar-refractivity contribution is 6.31. The van der Waals surface area contributed by atoms with Crippen molar-refractivity contribution in [3.8, 4) is 5.75 Å². The molecule has 0 aromatic heterocycles. The van der Waals surface area contributed by atoms with Crippen molar-refractivity contribution in [2.45, 2.75) is 19.9 Å². The van der Waals surface area contributed by atoms with Gasteiger partial charge in [-0.15, -0.1) is 0 Å². The fourth-order valence-corrected chi connectivity index (χ4v) is 3.76. The highest BCUT2D eigenvalue weighted by Crippen LogP contribution is 2.30. The molecule has 0 bridgehead atoms. The summed E-state index contributed by atoms with van der Waals surface area (Å²) in [7, 11) is 1.53. The van der Waals surface area contributed by atoms with E-state index in [1.807, 2.05) is 18.7 Å². The number of methoxy groups -OCH3 is 1. The van der Waals surface area contributed by atoms with Crippen LogP contribution in [0.3, 0.4) is 0 Å². The van der Waals surface area contributed by atoms with Crippen molar-refractivity contribution in [1.29, 1.82) is 0 Å². The smallest absolute Gasteiger partial charge is 0.241 e. The van der Waals surface area contributed by atoms with Crippen LogP contribution in [-0.2, 0) is 9.59 Å². The molecule has 1 heterocycles. The first-order valence-corrected chi connectivity index (χ1v) is 10.8. The summed E-state index contributed by atoms with van der Waals surface area (Å²) in [6.07, 6.45) is 0. The highest BCUT2D eigenvalue weighted by atomic mass is 35.5. The Kier molecular flexibility index (Phi) is 8.06. The van der Waals surface area contributed by atoms with Gasteiger partial charge in [0.05, 0.1) is 25.4 Å². The molecule has 32 heavy (non-hydrogen) atoms. The van der Waals surface area contributed by atoms with E-state index in [9.17, 15) is 14.0 Å². The predicted molar refractivity (Wildman–Crippen MR) is 124 cm³/mol. The molecule has 2 N–H and O–H groups in total. The third-order valence-corrected chi connectivity index (χ3v) is 5.96. The Morgan fingerprint density at radius 2 is 1.88 bits per heavy atom. The summed E-state index contributed by atoms with van der Waals surface area (Å²) < 4.78 is 18.6. The standard InChI is InChI=1S/C23H28ClFN4O3/c1-15-11-20(21(32-3)13-19(15)24)27-22(30)14-28-7-9-29(10-8-28)16(2)23(31)26-18-6-4-5-17(25)12-18/h4-6,11-13,16H,7-10,14H2,1-3H3,(H,26,31)(H,27,30). The molecule has 1 unspecified atom stereocenters. The van der Waals surface area contributed by atoms with Crippen LogP contribution < -0.4 is 15.4 Å². The number of hydrogen-bond acceptors (Lipinski definition) is 5. The lowest BCUT2D eigenvalue weighted by atomic mass is 10.2. The number of nitrogens with zero attached hydrogens (tertiary/aromatic N) is 2. The molecule has 1 aliphatic heterocycles. The van der Waals surface area contributed by atoms with Gasteiger partial charge in [-0.25, -0.2) is 4.39 Å². The van der Waals surface area contributed by atoms with E-state index < -0.39 is 5.82 Å². The normalized spacial score (nSPS) is 15.8. The molecule has 0 spiro atoms. The fraction of sp³-hybridized carbons (Fsp3) is 0.391. The second-order valence-corrected chi connectivity index (χ2v) is 8.24. The lowest BCUT2D eigenvalue weighted by Crippen LogP contribution is -2.53. The summed E-state index contributed by atoms with van der Waals surface area (Å²) >= 11 is 6.12. The van der Waals surface area contributed by atoms with Gasteiger partial charge in [-0.05, 0) is 43.7 Å². The van der Waals surface area contributed by atoms with Gasteiger partial charge < -0.3 is 15.4 Å². The van der Waals surface area contributed by atoms with Crippen LogP contribution in [0, 0.1) is 12.7 Å². The number of benzene rings is 2. The molecule has 9 heteroatoms. The minimum absolute atomic E-state index is 0.143. The van der Waals surface area contributed by atoms with E-state index in [4.69, 9.17) is 16.3 Å². The first-order valence-electron chi connectivity index (χ1n) is 10.4. The fourth-order valence-electron chi connectivity index (χ4n) is 3.61. The summed E-state index contributed by atoms with van der Waals surface area (Å²) in [5.74, 6) is -0.215. The summed E-state index contributed by atoms with van der Waals surface area (Å²) in [4.78, 5) is 29.2. The number of halogens is 2. The number of anilines is 2. The number of carbonyl (C=O) groups is 2. The van der Waals surface area contributed by atoms with Crippen molar-refractivity contribution in [3.63, 3.8) is 0 Å². The lowest BCUT2D eigenvalue weighted by Gasteiger charge is -2.37. The molecule has 0 radical (unpaired) electrons. The number of hydrogen-bond donors (Lipinski definition) is 2.